The Morgan fingerprint density at radius 3 is 2.19 bits per heavy atom. The quantitative estimate of drug-likeness (QED) is 0.729. The number of hydrogen-bond donors (Lipinski definition) is 1. The Labute approximate surface area is 96.2 Å². The predicted octanol–water partition coefficient (Wildman–Crippen LogP) is 3.90. The first-order valence-corrected chi connectivity index (χ1v) is 6.53. The van der Waals surface area contributed by atoms with E-state index in [9.17, 15) is 13.9 Å². The van der Waals surface area contributed by atoms with Crippen LogP contribution >= 0.6 is 0 Å². The topological polar surface area (TPSA) is 20.2 Å². The Morgan fingerprint density at radius 1 is 1.06 bits per heavy atom. The number of rotatable bonds is 4. The summed E-state index contributed by atoms with van der Waals surface area (Å²) in [5, 5.41) is 9.96. The van der Waals surface area contributed by atoms with E-state index in [2.05, 4.69) is 6.92 Å². The molecule has 0 unspecified atom stereocenters. The Bertz CT molecular complexity index is 255. The second-order valence-corrected chi connectivity index (χ2v) is 5.84. The fraction of sp³-hybridized carbons (Fsp3) is 1.00. The first-order chi connectivity index (χ1) is 7.43. The van der Waals surface area contributed by atoms with E-state index in [1.165, 1.54) is 0 Å². The first kappa shape index (κ1) is 12.3. The van der Waals surface area contributed by atoms with Crippen LogP contribution in [-0.2, 0) is 0 Å². The maximum Gasteiger partial charge on any atom is 0.256 e. The van der Waals surface area contributed by atoms with Crippen LogP contribution in [0.15, 0.2) is 0 Å². The zero-order valence-corrected chi connectivity index (χ0v) is 10.1. The lowest BCUT2D eigenvalue weighted by Crippen LogP contribution is -2.58. The number of fused-ring (bicyclic) bond motifs is 3. The second kappa shape index (κ2) is 3.94. The van der Waals surface area contributed by atoms with Crippen LogP contribution in [0.2, 0.25) is 0 Å². The summed E-state index contributed by atoms with van der Waals surface area (Å²) in [7, 11) is 0. The molecule has 1 N–H and O–H groups in total. The van der Waals surface area contributed by atoms with Crippen molar-refractivity contribution in [3.05, 3.63) is 0 Å². The van der Waals surface area contributed by atoms with E-state index in [0.717, 1.165) is 19.3 Å². The molecule has 0 spiro atoms. The van der Waals surface area contributed by atoms with Crippen LogP contribution in [0, 0.1) is 5.41 Å². The van der Waals surface area contributed by atoms with E-state index >= 15 is 0 Å². The van der Waals surface area contributed by atoms with E-state index in [1.807, 2.05) is 0 Å². The summed E-state index contributed by atoms with van der Waals surface area (Å²) in [5.41, 5.74) is -1.84. The van der Waals surface area contributed by atoms with Gasteiger partial charge in [0.25, 0.3) is 5.92 Å². The van der Waals surface area contributed by atoms with Gasteiger partial charge in [0.2, 0.25) is 0 Å². The lowest BCUT2D eigenvalue weighted by molar-refractivity contribution is -0.246. The van der Waals surface area contributed by atoms with Crippen molar-refractivity contribution < 1.29 is 13.9 Å². The number of hydrogen-bond acceptors (Lipinski definition) is 1. The third-order valence-corrected chi connectivity index (χ3v) is 4.72. The molecule has 0 aromatic rings. The van der Waals surface area contributed by atoms with Crippen LogP contribution in [0.4, 0.5) is 8.78 Å². The van der Waals surface area contributed by atoms with Crippen molar-refractivity contribution in [2.45, 2.75) is 76.2 Å². The maximum absolute atomic E-state index is 14.1. The van der Waals surface area contributed by atoms with Gasteiger partial charge in [-0.15, -0.1) is 0 Å². The number of aliphatic hydroxyl groups is 1. The molecule has 3 saturated carbocycles. The molecule has 0 aliphatic heterocycles. The van der Waals surface area contributed by atoms with Gasteiger partial charge in [-0.05, 0) is 32.1 Å². The molecule has 0 aromatic heterocycles. The van der Waals surface area contributed by atoms with E-state index < -0.39 is 16.9 Å². The molecule has 16 heavy (non-hydrogen) atoms. The summed E-state index contributed by atoms with van der Waals surface area (Å²) >= 11 is 0. The van der Waals surface area contributed by atoms with Gasteiger partial charge in [-0.3, -0.25) is 0 Å². The monoisotopic (exact) mass is 232 g/mol. The first-order valence-electron chi connectivity index (χ1n) is 6.53. The van der Waals surface area contributed by atoms with Crippen LogP contribution in [0.25, 0.3) is 0 Å². The standard InChI is InChI=1S/C13H22F2O/c1-2-3-4-5-11-6-8-12(16,9-7-11)10-13(11,14)15/h16H,2-10H2,1H3. The van der Waals surface area contributed by atoms with E-state index in [0.29, 0.717) is 32.1 Å². The van der Waals surface area contributed by atoms with Crippen molar-refractivity contribution in [1.29, 1.82) is 0 Å². The van der Waals surface area contributed by atoms with Gasteiger partial charge in [0, 0.05) is 11.8 Å². The number of halogens is 2. The second-order valence-electron chi connectivity index (χ2n) is 5.84. The van der Waals surface area contributed by atoms with Crippen LogP contribution in [0.5, 0.6) is 0 Å². The SMILES string of the molecule is CCCCCC12CCC(O)(CC1)CC2(F)F. The number of unbranched alkanes of at least 4 members (excludes halogenated alkanes) is 2. The van der Waals surface area contributed by atoms with Gasteiger partial charge in [0.1, 0.15) is 0 Å². The molecule has 0 radical (unpaired) electrons. The maximum atomic E-state index is 14.1. The summed E-state index contributed by atoms with van der Waals surface area (Å²) in [4.78, 5) is 0. The third-order valence-electron chi connectivity index (χ3n) is 4.72. The summed E-state index contributed by atoms with van der Waals surface area (Å²) in [5.74, 6) is -2.65. The third kappa shape index (κ3) is 1.87. The van der Waals surface area contributed by atoms with Gasteiger partial charge in [-0.2, -0.15) is 0 Å². The Morgan fingerprint density at radius 2 is 1.69 bits per heavy atom. The summed E-state index contributed by atoms with van der Waals surface area (Å²) in [6.45, 7) is 2.09. The van der Waals surface area contributed by atoms with Crippen molar-refractivity contribution in [2.24, 2.45) is 5.41 Å². The van der Waals surface area contributed by atoms with Gasteiger partial charge in [-0.25, -0.2) is 8.78 Å². The van der Waals surface area contributed by atoms with E-state index in [4.69, 9.17) is 0 Å². The van der Waals surface area contributed by atoms with Crippen LogP contribution in [0.1, 0.15) is 64.7 Å². The molecular weight excluding hydrogens is 210 g/mol. The lowest BCUT2D eigenvalue weighted by atomic mass is 9.55. The van der Waals surface area contributed by atoms with Gasteiger partial charge in [-0.1, -0.05) is 26.2 Å². The van der Waals surface area contributed by atoms with Crippen LogP contribution in [-0.4, -0.2) is 16.6 Å². The molecule has 1 nitrogen and oxygen atoms in total. The largest absolute Gasteiger partial charge is 0.390 e. The van der Waals surface area contributed by atoms with Crippen molar-refractivity contribution in [2.75, 3.05) is 0 Å². The minimum Gasteiger partial charge on any atom is -0.390 e. The smallest absolute Gasteiger partial charge is 0.256 e. The average molecular weight is 232 g/mol. The summed E-state index contributed by atoms with van der Waals surface area (Å²) < 4.78 is 28.1. The summed E-state index contributed by atoms with van der Waals surface area (Å²) in [6, 6.07) is 0. The Hall–Kier alpha value is -0.180. The molecule has 3 heteroatoms. The Balaban J connectivity index is 2.07. The molecule has 3 fully saturated rings. The molecule has 0 saturated heterocycles. The molecule has 3 aliphatic rings. The van der Waals surface area contributed by atoms with Gasteiger partial charge < -0.3 is 5.11 Å². The molecule has 3 aliphatic carbocycles. The molecule has 0 atom stereocenters. The predicted molar refractivity (Wildman–Crippen MR) is 59.6 cm³/mol. The van der Waals surface area contributed by atoms with Crippen LogP contribution < -0.4 is 0 Å². The fourth-order valence-corrected chi connectivity index (χ4v) is 3.48. The molecular formula is C13H22F2O. The van der Waals surface area contributed by atoms with Crippen LogP contribution in [0.3, 0.4) is 0 Å². The molecule has 0 aromatic carbocycles. The normalized spacial score (nSPS) is 41.2. The van der Waals surface area contributed by atoms with E-state index in [-0.39, 0.29) is 6.42 Å². The van der Waals surface area contributed by atoms with Gasteiger partial charge in [0.05, 0.1) is 5.60 Å². The lowest BCUT2D eigenvalue weighted by Gasteiger charge is -2.55. The minimum absolute atomic E-state index is 0.299. The van der Waals surface area contributed by atoms with E-state index in [1.54, 1.807) is 0 Å². The van der Waals surface area contributed by atoms with Gasteiger partial charge in [0.15, 0.2) is 0 Å². The summed E-state index contributed by atoms with van der Waals surface area (Å²) in [6.07, 6.45) is 5.55. The average Bonchev–Trinajstić information content (AvgIpc) is 2.19. The molecule has 94 valence electrons. The van der Waals surface area contributed by atoms with Crippen molar-refractivity contribution in [1.82, 2.24) is 0 Å². The highest BCUT2D eigenvalue weighted by Crippen LogP contribution is 2.62. The fourth-order valence-electron chi connectivity index (χ4n) is 3.48. The zero-order valence-electron chi connectivity index (χ0n) is 10.1. The molecule has 0 amide bonds. The molecule has 3 rings (SSSR count). The number of alkyl halides is 2. The van der Waals surface area contributed by atoms with Crippen molar-refractivity contribution in [3.8, 4) is 0 Å². The van der Waals surface area contributed by atoms with Crippen molar-refractivity contribution in [3.63, 3.8) is 0 Å². The zero-order chi connectivity index (χ0) is 11.9. The minimum atomic E-state index is -2.65. The Kier molecular flexibility index (Phi) is 3.02. The highest BCUT2D eigenvalue weighted by Gasteiger charge is 2.63. The highest BCUT2D eigenvalue weighted by atomic mass is 19.3. The highest BCUT2D eigenvalue weighted by molar-refractivity contribution is 5.08. The molecule has 0 heterocycles. The molecule has 2 bridgehead atoms. The van der Waals surface area contributed by atoms with Gasteiger partial charge >= 0.3 is 0 Å². The van der Waals surface area contributed by atoms with Crippen molar-refractivity contribution >= 4 is 0 Å².